The summed E-state index contributed by atoms with van der Waals surface area (Å²) in [5, 5.41) is 3.53. The molecule has 0 aliphatic carbocycles. The molecular weight excluding hydrogens is 399 g/mol. The van der Waals surface area contributed by atoms with E-state index in [2.05, 4.69) is 42.4 Å². The Labute approximate surface area is 173 Å². The monoisotopic (exact) mass is 424 g/mol. The molecule has 29 heavy (non-hydrogen) atoms. The molecule has 0 radical (unpaired) electrons. The molecule has 0 saturated heterocycles. The molecule has 1 heterocycles. The summed E-state index contributed by atoms with van der Waals surface area (Å²) in [6.07, 6.45) is 8.91. The maximum absolute atomic E-state index is 9.75. The van der Waals surface area contributed by atoms with Gasteiger partial charge in [0.1, 0.15) is 0 Å². The van der Waals surface area contributed by atoms with Gasteiger partial charge in [-0.25, -0.2) is 0 Å². The number of ether oxygens (including phenoxy) is 1. The Kier molecular flexibility index (Phi) is 9.46. The molecule has 0 atom stereocenters. The highest BCUT2D eigenvalue weighted by Crippen LogP contribution is 2.43. The quantitative estimate of drug-likeness (QED) is 0.151. The third-order valence-electron chi connectivity index (χ3n) is 4.19. The number of rotatable bonds is 6. The Morgan fingerprint density at radius 3 is 1.83 bits per heavy atom. The van der Waals surface area contributed by atoms with E-state index in [-0.39, 0.29) is 10.9 Å². The molecule has 0 amide bonds. The summed E-state index contributed by atoms with van der Waals surface area (Å²) in [5.74, 6) is 5.34. The molecule has 7 heteroatoms. The lowest BCUT2D eigenvalue weighted by Crippen LogP contribution is -2.09. The fourth-order valence-corrected chi connectivity index (χ4v) is 4.62. The van der Waals surface area contributed by atoms with Crippen molar-refractivity contribution in [2.75, 3.05) is 0 Å². The van der Waals surface area contributed by atoms with Crippen LogP contribution in [0.4, 0.5) is 17.3 Å². The molecule has 2 aromatic rings. The van der Waals surface area contributed by atoms with Gasteiger partial charge in [0.05, 0.1) is 0 Å². The molecule has 1 aliphatic heterocycles. The summed E-state index contributed by atoms with van der Waals surface area (Å²) in [5.41, 5.74) is 0. The van der Waals surface area contributed by atoms with E-state index in [1.165, 1.54) is 48.3 Å². The topological polar surface area (TPSA) is 9.23 Å². The average molecular weight is 424 g/mol. The SMILES string of the molecule is CCCCCCCCC#C[S+]1c2ccccc2Oc2ccccc21.F[B-](F)(F)F. The van der Waals surface area contributed by atoms with Crippen molar-refractivity contribution in [3.05, 3.63) is 48.5 Å². The normalized spacial score (nSPS) is 12.4. The van der Waals surface area contributed by atoms with Crippen molar-refractivity contribution in [1.29, 1.82) is 0 Å². The van der Waals surface area contributed by atoms with Crippen LogP contribution in [-0.2, 0) is 10.9 Å². The van der Waals surface area contributed by atoms with Crippen LogP contribution in [0, 0.1) is 11.2 Å². The second-order valence-electron chi connectivity index (χ2n) is 6.59. The summed E-state index contributed by atoms with van der Waals surface area (Å²) in [6.45, 7) is 2.26. The lowest BCUT2D eigenvalue weighted by atomic mass is 10.1. The van der Waals surface area contributed by atoms with E-state index in [0.717, 1.165) is 17.9 Å². The zero-order valence-corrected chi connectivity index (χ0v) is 17.3. The van der Waals surface area contributed by atoms with E-state index in [1.54, 1.807) is 0 Å². The average Bonchev–Trinajstić information content (AvgIpc) is 2.68. The molecule has 0 aromatic heterocycles. The summed E-state index contributed by atoms with van der Waals surface area (Å²) < 4.78 is 45.0. The van der Waals surface area contributed by atoms with Crippen molar-refractivity contribution in [1.82, 2.24) is 0 Å². The van der Waals surface area contributed by atoms with Crippen molar-refractivity contribution in [3.63, 3.8) is 0 Å². The second kappa shape index (κ2) is 11.8. The predicted molar refractivity (Wildman–Crippen MR) is 113 cm³/mol. The fraction of sp³-hybridized carbons (Fsp3) is 0.364. The van der Waals surface area contributed by atoms with E-state index in [0.29, 0.717) is 0 Å². The van der Waals surface area contributed by atoms with Gasteiger partial charge in [0.15, 0.2) is 27.6 Å². The van der Waals surface area contributed by atoms with Gasteiger partial charge in [0, 0.05) is 6.42 Å². The van der Waals surface area contributed by atoms with Crippen LogP contribution in [0.5, 0.6) is 11.5 Å². The summed E-state index contributed by atoms with van der Waals surface area (Å²) in [4.78, 5) is 2.43. The first-order valence-corrected chi connectivity index (χ1v) is 11.1. The smallest absolute Gasteiger partial charge is 0.447 e. The maximum Gasteiger partial charge on any atom is 0.673 e. The maximum atomic E-state index is 9.75. The van der Waals surface area contributed by atoms with E-state index >= 15 is 0 Å². The molecule has 0 spiro atoms. The van der Waals surface area contributed by atoms with Gasteiger partial charge < -0.3 is 22.0 Å². The summed E-state index contributed by atoms with van der Waals surface area (Å²) in [7, 11) is -6.19. The Morgan fingerprint density at radius 1 is 0.793 bits per heavy atom. The van der Waals surface area contributed by atoms with Crippen molar-refractivity contribution in [3.8, 4) is 22.7 Å². The predicted octanol–water partition coefficient (Wildman–Crippen LogP) is 7.84. The van der Waals surface area contributed by atoms with Crippen LogP contribution in [0.3, 0.4) is 0 Å². The van der Waals surface area contributed by atoms with Crippen LogP contribution in [0.2, 0.25) is 0 Å². The lowest BCUT2D eigenvalue weighted by Gasteiger charge is -2.16. The molecular formula is C22H25BF4OS. The van der Waals surface area contributed by atoms with Gasteiger partial charge in [-0.2, -0.15) is 0 Å². The molecule has 2 aromatic carbocycles. The first-order chi connectivity index (χ1) is 13.9. The molecule has 0 bridgehead atoms. The second-order valence-corrected chi connectivity index (χ2v) is 8.29. The number of benzene rings is 2. The van der Waals surface area contributed by atoms with E-state index in [4.69, 9.17) is 4.74 Å². The highest BCUT2D eigenvalue weighted by Gasteiger charge is 2.36. The molecule has 156 valence electrons. The molecule has 1 aliphatic rings. The van der Waals surface area contributed by atoms with Gasteiger partial charge in [-0.1, -0.05) is 63.3 Å². The summed E-state index contributed by atoms with van der Waals surface area (Å²) >= 11 is 0. The molecule has 0 unspecified atom stereocenters. The minimum Gasteiger partial charge on any atom is -0.447 e. The standard InChI is InChI=1S/C22H25OS.BF4/c1-2-3-4-5-6-7-8-13-18-24-21-16-11-9-14-19(21)23-20-15-10-12-17-22(20)24;2-1(3,4)5/h9-12,14-17H,2-8H2,1H3;/q+1;-1. The Hall–Kier alpha value is -2.07. The number of unbranched alkanes of at least 4 members (excludes halogenated alkanes) is 6. The molecule has 0 N–H and O–H groups in total. The van der Waals surface area contributed by atoms with Crippen LogP contribution in [-0.4, -0.2) is 7.25 Å². The highest BCUT2D eigenvalue weighted by atomic mass is 32.2. The van der Waals surface area contributed by atoms with Crippen LogP contribution >= 0.6 is 0 Å². The first kappa shape index (κ1) is 23.2. The third-order valence-corrected chi connectivity index (χ3v) is 6.09. The van der Waals surface area contributed by atoms with Crippen LogP contribution < -0.4 is 4.74 Å². The largest absolute Gasteiger partial charge is 0.673 e. The number of fused-ring (bicyclic) bond motifs is 2. The van der Waals surface area contributed by atoms with Crippen LogP contribution in [0.1, 0.15) is 51.9 Å². The van der Waals surface area contributed by atoms with E-state index in [1.807, 2.05) is 24.3 Å². The van der Waals surface area contributed by atoms with E-state index in [9.17, 15) is 17.3 Å². The van der Waals surface area contributed by atoms with Crippen molar-refractivity contribution in [2.24, 2.45) is 0 Å². The Balaban J connectivity index is 0.000000537. The zero-order chi connectivity index (χ0) is 21.1. The zero-order valence-electron chi connectivity index (χ0n) is 16.5. The third kappa shape index (κ3) is 8.45. The van der Waals surface area contributed by atoms with Gasteiger partial charge in [0.25, 0.3) is 0 Å². The molecule has 0 fully saturated rings. The number of halogens is 4. The summed E-state index contributed by atoms with van der Waals surface area (Å²) in [6, 6.07) is 16.6. The van der Waals surface area contributed by atoms with E-state index < -0.39 is 7.25 Å². The fourth-order valence-electron chi connectivity index (χ4n) is 2.87. The Morgan fingerprint density at radius 2 is 1.28 bits per heavy atom. The number of hydrogen-bond donors (Lipinski definition) is 0. The molecule has 0 saturated carbocycles. The van der Waals surface area contributed by atoms with Crippen molar-refractivity contribution in [2.45, 2.75) is 61.7 Å². The lowest BCUT2D eigenvalue weighted by molar-refractivity contribution is 0.368. The van der Waals surface area contributed by atoms with Gasteiger partial charge >= 0.3 is 7.25 Å². The van der Waals surface area contributed by atoms with Crippen LogP contribution in [0.15, 0.2) is 58.3 Å². The van der Waals surface area contributed by atoms with Crippen LogP contribution in [0.25, 0.3) is 0 Å². The van der Waals surface area contributed by atoms with Gasteiger partial charge in [-0.15, -0.1) is 0 Å². The minimum absolute atomic E-state index is 0.191. The van der Waals surface area contributed by atoms with Crippen molar-refractivity contribution < 1.29 is 22.0 Å². The van der Waals surface area contributed by atoms with Gasteiger partial charge in [-0.3, -0.25) is 0 Å². The highest BCUT2D eigenvalue weighted by molar-refractivity contribution is 8.01. The van der Waals surface area contributed by atoms with Crippen molar-refractivity contribution >= 4 is 18.1 Å². The number of hydrogen-bond acceptors (Lipinski definition) is 1. The molecule has 3 rings (SSSR count). The Bertz CT molecular complexity index is 778. The molecule has 1 nitrogen and oxygen atoms in total. The minimum atomic E-state index is -6.00. The van der Waals surface area contributed by atoms with Gasteiger partial charge in [-0.05, 0) is 36.6 Å². The van der Waals surface area contributed by atoms with Gasteiger partial charge in [0.2, 0.25) is 9.79 Å². The first-order valence-electron chi connectivity index (χ1n) is 9.86. The number of para-hydroxylation sites is 2.